The van der Waals surface area contributed by atoms with Gasteiger partial charge in [0.25, 0.3) is 0 Å². The van der Waals surface area contributed by atoms with Crippen LogP contribution in [0.4, 0.5) is 5.82 Å². The maximum Gasteiger partial charge on any atom is 0.148 e. The average Bonchev–Trinajstić information content (AvgIpc) is 3.20. The van der Waals surface area contributed by atoms with Crippen molar-refractivity contribution in [3.05, 3.63) is 24.2 Å². The van der Waals surface area contributed by atoms with Gasteiger partial charge < -0.3 is 20.1 Å². The third kappa shape index (κ3) is 2.52. The zero-order chi connectivity index (χ0) is 15.8. The summed E-state index contributed by atoms with van der Waals surface area (Å²) in [6.07, 6.45) is 12.1. The van der Waals surface area contributed by atoms with Crippen molar-refractivity contribution in [3.63, 3.8) is 0 Å². The van der Waals surface area contributed by atoms with Crippen molar-refractivity contribution < 1.29 is 9.84 Å². The SMILES string of the molecule is Nc1ncnc2c1c(C1=CCCCC1)cn2C1CCC(CO)O1. The molecule has 1 saturated heterocycles. The molecule has 0 amide bonds. The number of fused-ring (bicyclic) bond motifs is 1. The minimum absolute atomic E-state index is 0.0604. The largest absolute Gasteiger partial charge is 0.394 e. The maximum absolute atomic E-state index is 9.31. The van der Waals surface area contributed by atoms with Gasteiger partial charge in [0.05, 0.1) is 18.1 Å². The van der Waals surface area contributed by atoms with Crippen molar-refractivity contribution in [1.82, 2.24) is 14.5 Å². The van der Waals surface area contributed by atoms with Gasteiger partial charge in [-0.3, -0.25) is 0 Å². The van der Waals surface area contributed by atoms with E-state index in [2.05, 4.69) is 26.8 Å². The first-order valence-electron chi connectivity index (χ1n) is 8.34. The van der Waals surface area contributed by atoms with Crippen LogP contribution in [-0.4, -0.2) is 32.4 Å². The Labute approximate surface area is 135 Å². The lowest BCUT2D eigenvalue weighted by molar-refractivity contribution is -0.0204. The topological polar surface area (TPSA) is 86.2 Å². The predicted molar refractivity (Wildman–Crippen MR) is 88.6 cm³/mol. The molecule has 0 aromatic carbocycles. The van der Waals surface area contributed by atoms with Crippen LogP contribution >= 0.6 is 0 Å². The molecule has 1 aliphatic heterocycles. The summed E-state index contributed by atoms with van der Waals surface area (Å²) in [6.45, 7) is 0.0604. The molecule has 4 rings (SSSR count). The molecule has 0 spiro atoms. The van der Waals surface area contributed by atoms with E-state index >= 15 is 0 Å². The summed E-state index contributed by atoms with van der Waals surface area (Å²) in [6, 6.07) is 0. The number of nitrogens with zero attached hydrogens (tertiary/aromatic N) is 3. The quantitative estimate of drug-likeness (QED) is 0.909. The second kappa shape index (κ2) is 5.94. The predicted octanol–water partition coefficient (Wildman–Crippen LogP) is 2.64. The zero-order valence-corrected chi connectivity index (χ0v) is 13.1. The fraction of sp³-hybridized carbons (Fsp3) is 0.529. The van der Waals surface area contributed by atoms with Crippen LogP contribution in [0.2, 0.25) is 0 Å². The van der Waals surface area contributed by atoms with Crippen LogP contribution in [0.5, 0.6) is 0 Å². The summed E-state index contributed by atoms with van der Waals surface area (Å²) in [5.41, 5.74) is 9.44. The molecule has 2 aromatic rings. The monoisotopic (exact) mass is 314 g/mol. The summed E-state index contributed by atoms with van der Waals surface area (Å²) < 4.78 is 8.00. The fourth-order valence-electron chi connectivity index (χ4n) is 3.68. The van der Waals surface area contributed by atoms with E-state index in [1.54, 1.807) is 0 Å². The standard InChI is InChI=1S/C17H22N4O2/c18-16-15-13(11-4-2-1-3-5-11)8-21(17(15)20-10-19-16)14-7-6-12(9-22)23-14/h4,8,10,12,14,22H,1-3,5-7,9H2,(H2,18,19,20). The molecule has 2 aromatic heterocycles. The maximum atomic E-state index is 9.31. The number of aromatic nitrogens is 3. The molecule has 1 fully saturated rings. The number of anilines is 1. The van der Waals surface area contributed by atoms with Crippen LogP contribution in [0.15, 0.2) is 18.6 Å². The molecule has 3 N–H and O–H groups in total. The van der Waals surface area contributed by atoms with Crippen molar-refractivity contribution in [1.29, 1.82) is 0 Å². The third-order valence-electron chi connectivity index (χ3n) is 4.87. The number of aliphatic hydroxyl groups is 1. The Morgan fingerprint density at radius 2 is 2.22 bits per heavy atom. The summed E-state index contributed by atoms with van der Waals surface area (Å²) in [7, 11) is 0. The van der Waals surface area contributed by atoms with E-state index in [4.69, 9.17) is 10.5 Å². The van der Waals surface area contributed by atoms with Crippen molar-refractivity contribution in [2.24, 2.45) is 0 Å². The van der Waals surface area contributed by atoms with E-state index in [9.17, 15) is 5.11 Å². The van der Waals surface area contributed by atoms with E-state index < -0.39 is 0 Å². The third-order valence-corrected chi connectivity index (χ3v) is 4.87. The van der Waals surface area contributed by atoms with Crippen molar-refractivity contribution in [2.75, 3.05) is 12.3 Å². The number of allylic oxidation sites excluding steroid dienone is 2. The Bertz CT molecular complexity index is 752. The first-order valence-corrected chi connectivity index (χ1v) is 8.34. The highest BCUT2D eigenvalue weighted by molar-refractivity contribution is 5.97. The molecular formula is C17H22N4O2. The molecule has 122 valence electrons. The molecule has 3 heterocycles. The summed E-state index contributed by atoms with van der Waals surface area (Å²) in [5.74, 6) is 0.520. The second-order valence-corrected chi connectivity index (χ2v) is 6.36. The number of aliphatic hydroxyl groups excluding tert-OH is 1. The fourth-order valence-corrected chi connectivity index (χ4v) is 3.68. The smallest absolute Gasteiger partial charge is 0.148 e. The van der Waals surface area contributed by atoms with Gasteiger partial charge in [0.2, 0.25) is 0 Å². The Morgan fingerprint density at radius 1 is 1.30 bits per heavy atom. The molecule has 0 radical (unpaired) electrons. The van der Waals surface area contributed by atoms with Gasteiger partial charge in [-0.05, 0) is 44.1 Å². The molecule has 23 heavy (non-hydrogen) atoms. The molecule has 0 saturated carbocycles. The number of rotatable bonds is 3. The Hall–Kier alpha value is -1.92. The number of nitrogen functional groups attached to an aromatic ring is 1. The Kier molecular flexibility index (Phi) is 3.79. The van der Waals surface area contributed by atoms with E-state index in [0.29, 0.717) is 5.82 Å². The number of hydrogen-bond donors (Lipinski definition) is 2. The van der Waals surface area contributed by atoms with Gasteiger partial charge in [-0.15, -0.1) is 0 Å². The number of hydrogen-bond acceptors (Lipinski definition) is 5. The van der Waals surface area contributed by atoms with Gasteiger partial charge in [-0.25, -0.2) is 9.97 Å². The van der Waals surface area contributed by atoms with Gasteiger partial charge in [0, 0.05) is 11.8 Å². The molecule has 1 aliphatic carbocycles. The lowest BCUT2D eigenvalue weighted by Crippen LogP contribution is -2.14. The van der Waals surface area contributed by atoms with E-state index in [0.717, 1.165) is 42.3 Å². The van der Waals surface area contributed by atoms with Crippen LogP contribution < -0.4 is 5.73 Å². The highest BCUT2D eigenvalue weighted by Crippen LogP contribution is 2.38. The van der Waals surface area contributed by atoms with E-state index in [1.807, 2.05) is 0 Å². The molecule has 2 atom stereocenters. The molecule has 0 bridgehead atoms. The zero-order valence-electron chi connectivity index (χ0n) is 13.1. The minimum Gasteiger partial charge on any atom is -0.394 e. The van der Waals surface area contributed by atoms with Crippen molar-refractivity contribution in [2.45, 2.75) is 50.9 Å². The van der Waals surface area contributed by atoms with E-state index in [1.165, 1.54) is 24.7 Å². The van der Waals surface area contributed by atoms with Gasteiger partial charge in [0.1, 0.15) is 24.0 Å². The van der Waals surface area contributed by atoms with Crippen LogP contribution in [-0.2, 0) is 4.74 Å². The van der Waals surface area contributed by atoms with Gasteiger partial charge in [0.15, 0.2) is 0 Å². The second-order valence-electron chi connectivity index (χ2n) is 6.36. The number of nitrogens with two attached hydrogens (primary N) is 1. The van der Waals surface area contributed by atoms with Gasteiger partial charge in [-0.1, -0.05) is 6.08 Å². The Balaban J connectivity index is 1.83. The molecule has 6 heteroatoms. The first kappa shape index (κ1) is 14.7. The lowest BCUT2D eigenvalue weighted by Gasteiger charge is -2.14. The molecule has 6 nitrogen and oxygen atoms in total. The molecule has 2 unspecified atom stereocenters. The summed E-state index contributed by atoms with van der Waals surface area (Å²) in [5, 5.41) is 10.2. The van der Waals surface area contributed by atoms with Crippen LogP contribution in [0.1, 0.15) is 50.3 Å². The Morgan fingerprint density at radius 3 is 2.96 bits per heavy atom. The average molecular weight is 314 g/mol. The summed E-state index contributed by atoms with van der Waals surface area (Å²) in [4.78, 5) is 8.63. The highest BCUT2D eigenvalue weighted by atomic mass is 16.5. The first-order chi connectivity index (χ1) is 11.3. The minimum atomic E-state index is -0.0955. The van der Waals surface area contributed by atoms with Crippen LogP contribution in [0.3, 0.4) is 0 Å². The van der Waals surface area contributed by atoms with Crippen LogP contribution in [0, 0.1) is 0 Å². The lowest BCUT2D eigenvalue weighted by atomic mass is 9.94. The molecular weight excluding hydrogens is 292 g/mol. The van der Waals surface area contributed by atoms with Gasteiger partial charge >= 0.3 is 0 Å². The normalized spacial score (nSPS) is 25.0. The highest BCUT2D eigenvalue weighted by Gasteiger charge is 2.29. The van der Waals surface area contributed by atoms with Gasteiger partial charge in [-0.2, -0.15) is 0 Å². The van der Waals surface area contributed by atoms with Crippen molar-refractivity contribution in [3.8, 4) is 0 Å². The van der Waals surface area contributed by atoms with E-state index in [-0.39, 0.29) is 18.9 Å². The van der Waals surface area contributed by atoms with Crippen molar-refractivity contribution >= 4 is 22.4 Å². The number of ether oxygens (including phenoxy) is 1. The summed E-state index contributed by atoms with van der Waals surface area (Å²) >= 11 is 0. The van der Waals surface area contributed by atoms with Crippen LogP contribution in [0.25, 0.3) is 16.6 Å². The molecule has 2 aliphatic rings.